The molecule has 1 N–H and O–H groups in total. The Morgan fingerprint density at radius 1 is 1.62 bits per heavy atom. The van der Waals surface area contributed by atoms with Gasteiger partial charge in [-0.25, -0.2) is 0 Å². The Hall–Kier alpha value is -0.420. The average molecular weight is 240 g/mol. The smallest absolute Gasteiger partial charge is 0.0826 e. The van der Waals surface area contributed by atoms with Crippen molar-refractivity contribution in [2.45, 2.75) is 19.6 Å². The number of rotatable bonds is 4. The first-order valence-electron chi connectivity index (χ1n) is 5.81. The minimum atomic E-state index is 0.346. The van der Waals surface area contributed by atoms with E-state index in [1.807, 2.05) is 18.4 Å². The standard InChI is InChI=1S/C12H20N2OS/c1-10-3-6-16-12(10)9-14-4-5-15-11(8-14)7-13-2/h3,6,11,13H,4-5,7-9H2,1-2H3. The summed E-state index contributed by atoms with van der Waals surface area (Å²) >= 11 is 1.86. The summed E-state index contributed by atoms with van der Waals surface area (Å²) in [5.74, 6) is 0. The van der Waals surface area contributed by atoms with Gasteiger partial charge >= 0.3 is 0 Å². The SMILES string of the molecule is CNCC1CN(Cc2sccc2C)CCO1. The molecule has 2 heterocycles. The highest BCUT2D eigenvalue weighted by Gasteiger charge is 2.20. The van der Waals surface area contributed by atoms with Crippen LogP contribution in [0.25, 0.3) is 0 Å². The highest BCUT2D eigenvalue weighted by atomic mass is 32.1. The lowest BCUT2D eigenvalue weighted by Gasteiger charge is -2.32. The van der Waals surface area contributed by atoms with Gasteiger partial charge in [-0.1, -0.05) is 0 Å². The van der Waals surface area contributed by atoms with Gasteiger partial charge in [0.1, 0.15) is 0 Å². The molecule has 16 heavy (non-hydrogen) atoms. The first-order chi connectivity index (χ1) is 7.79. The molecule has 0 aromatic carbocycles. The lowest BCUT2D eigenvalue weighted by atomic mass is 10.2. The fourth-order valence-electron chi connectivity index (χ4n) is 2.04. The Morgan fingerprint density at radius 3 is 3.19 bits per heavy atom. The van der Waals surface area contributed by atoms with E-state index in [0.29, 0.717) is 6.10 Å². The minimum Gasteiger partial charge on any atom is -0.374 e. The van der Waals surface area contributed by atoms with E-state index in [0.717, 1.165) is 32.8 Å². The van der Waals surface area contributed by atoms with Crippen LogP contribution in [-0.4, -0.2) is 44.3 Å². The van der Waals surface area contributed by atoms with Crippen LogP contribution in [0.1, 0.15) is 10.4 Å². The van der Waals surface area contributed by atoms with E-state index in [4.69, 9.17) is 4.74 Å². The summed E-state index contributed by atoms with van der Waals surface area (Å²) in [5, 5.41) is 5.36. The normalized spacial score (nSPS) is 22.5. The molecule has 1 atom stereocenters. The van der Waals surface area contributed by atoms with Crippen LogP contribution >= 0.6 is 11.3 Å². The van der Waals surface area contributed by atoms with Crippen molar-refractivity contribution in [3.63, 3.8) is 0 Å². The van der Waals surface area contributed by atoms with Gasteiger partial charge in [0.2, 0.25) is 0 Å². The minimum absolute atomic E-state index is 0.346. The largest absolute Gasteiger partial charge is 0.374 e. The van der Waals surface area contributed by atoms with E-state index in [9.17, 15) is 0 Å². The van der Waals surface area contributed by atoms with Crippen molar-refractivity contribution in [2.75, 3.05) is 33.3 Å². The number of thiophene rings is 1. The van der Waals surface area contributed by atoms with Crippen LogP contribution in [0, 0.1) is 6.92 Å². The van der Waals surface area contributed by atoms with Gasteiger partial charge in [-0.05, 0) is 31.0 Å². The van der Waals surface area contributed by atoms with Gasteiger partial charge in [0.05, 0.1) is 12.7 Å². The van der Waals surface area contributed by atoms with Gasteiger partial charge in [-0.15, -0.1) is 11.3 Å². The van der Waals surface area contributed by atoms with Crippen LogP contribution in [0.5, 0.6) is 0 Å². The molecule has 1 aromatic rings. The number of aryl methyl sites for hydroxylation is 1. The zero-order chi connectivity index (χ0) is 11.4. The molecule has 4 heteroatoms. The number of likely N-dealkylation sites (N-methyl/N-ethyl adjacent to an activating group) is 1. The van der Waals surface area contributed by atoms with Crippen LogP contribution < -0.4 is 5.32 Å². The third-order valence-electron chi connectivity index (χ3n) is 2.99. The highest BCUT2D eigenvalue weighted by molar-refractivity contribution is 7.10. The number of nitrogens with zero attached hydrogens (tertiary/aromatic N) is 1. The molecule has 1 aromatic heterocycles. The van der Waals surface area contributed by atoms with E-state index in [2.05, 4.69) is 28.6 Å². The van der Waals surface area contributed by atoms with Crippen molar-refractivity contribution in [3.8, 4) is 0 Å². The second-order valence-electron chi connectivity index (χ2n) is 4.31. The predicted octanol–water partition coefficient (Wildman–Crippen LogP) is 1.48. The third-order valence-corrected chi connectivity index (χ3v) is 4.00. The molecule has 0 bridgehead atoms. The van der Waals surface area contributed by atoms with Crippen LogP contribution in [-0.2, 0) is 11.3 Å². The number of ether oxygens (including phenoxy) is 1. The molecule has 0 aliphatic carbocycles. The molecule has 3 nitrogen and oxygen atoms in total. The molecular weight excluding hydrogens is 220 g/mol. The van der Waals surface area contributed by atoms with Crippen molar-refractivity contribution in [1.29, 1.82) is 0 Å². The first-order valence-corrected chi connectivity index (χ1v) is 6.69. The molecule has 0 amide bonds. The number of nitrogens with one attached hydrogen (secondary N) is 1. The van der Waals surface area contributed by atoms with Gasteiger partial charge < -0.3 is 10.1 Å². The van der Waals surface area contributed by atoms with Crippen molar-refractivity contribution < 1.29 is 4.74 Å². The predicted molar refractivity (Wildman–Crippen MR) is 68.0 cm³/mol. The van der Waals surface area contributed by atoms with Crippen LogP contribution in [0.15, 0.2) is 11.4 Å². The van der Waals surface area contributed by atoms with Crippen LogP contribution in [0.2, 0.25) is 0 Å². The summed E-state index contributed by atoms with van der Waals surface area (Å²) in [7, 11) is 1.98. The second-order valence-corrected chi connectivity index (χ2v) is 5.31. The second kappa shape index (κ2) is 5.77. The lowest BCUT2D eigenvalue weighted by Crippen LogP contribution is -2.45. The van der Waals surface area contributed by atoms with Gasteiger partial charge in [-0.2, -0.15) is 0 Å². The molecule has 1 aliphatic rings. The molecule has 0 radical (unpaired) electrons. The van der Waals surface area contributed by atoms with Crippen LogP contribution in [0.4, 0.5) is 0 Å². The maximum atomic E-state index is 5.70. The van der Waals surface area contributed by atoms with Crippen molar-refractivity contribution in [1.82, 2.24) is 10.2 Å². The summed E-state index contributed by atoms with van der Waals surface area (Å²) in [6, 6.07) is 2.20. The van der Waals surface area contributed by atoms with E-state index < -0.39 is 0 Å². The van der Waals surface area contributed by atoms with Gasteiger partial charge in [-0.3, -0.25) is 4.90 Å². The zero-order valence-electron chi connectivity index (χ0n) is 10.0. The van der Waals surface area contributed by atoms with E-state index in [1.165, 1.54) is 10.4 Å². The Balaban J connectivity index is 1.88. The molecule has 0 saturated carbocycles. The quantitative estimate of drug-likeness (QED) is 0.862. The fourth-order valence-corrected chi connectivity index (χ4v) is 2.99. The Bertz CT molecular complexity index is 325. The molecule has 2 rings (SSSR count). The molecule has 1 unspecified atom stereocenters. The fraction of sp³-hybridized carbons (Fsp3) is 0.667. The van der Waals surface area contributed by atoms with Gasteiger partial charge in [0.25, 0.3) is 0 Å². The summed E-state index contributed by atoms with van der Waals surface area (Å²) in [5.41, 5.74) is 1.42. The van der Waals surface area contributed by atoms with E-state index >= 15 is 0 Å². The number of hydrogen-bond donors (Lipinski definition) is 1. The number of hydrogen-bond acceptors (Lipinski definition) is 4. The summed E-state index contributed by atoms with van der Waals surface area (Å²) < 4.78 is 5.70. The molecule has 1 aliphatic heterocycles. The Morgan fingerprint density at radius 2 is 2.50 bits per heavy atom. The van der Waals surface area contributed by atoms with Gasteiger partial charge in [0, 0.05) is 31.1 Å². The maximum Gasteiger partial charge on any atom is 0.0826 e. The third kappa shape index (κ3) is 3.04. The molecule has 90 valence electrons. The molecule has 1 fully saturated rings. The van der Waals surface area contributed by atoms with Crippen molar-refractivity contribution in [2.24, 2.45) is 0 Å². The highest BCUT2D eigenvalue weighted by Crippen LogP contribution is 2.19. The van der Waals surface area contributed by atoms with Crippen molar-refractivity contribution in [3.05, 3.63) is 21.9 Å². The zero-order valence-corrected chi connectivity index (χ0v) is 10.8. The molecule has 1 saturated heterocycles. The molecule has 0 spiro atoms. The average Bonchev–Trinajstić information content (AvgIpc) is 2.66. The molecular formula is C12H20N2OS. The number of morpholine rings is 1. The Kier molecular flexibility index (Phi) is 4.35. The van der Waals surface area contributed by atoms with E-state index in [-0.39, 0.29) is 0 Å². The summed E-state index contributed by atoms with van der Waals surface area (Å²) in [4.78, 5) is 3.98. The topological polar surface area (TPSA) is 24.5 Å². The first kappa shape index (κ1) is 12.0. The monoisotopic (exact) mass is 240 g/mol. The van der Waals surface area contributed by atoms with Gasteiger partial charge in [0.15, 0.2) is 0 Å². The lowest BCUT2D eigenvalue weighted by molar-refractivity contribution is -0.0288. The van der Waals surface area contributed by atoms with E-state index in [1.54, 1.807) is 0 Å². The summed E-state index contributed by atoms with van der Waals surface area (Å²) in [6.07, 6.45) is 0.346. The van der Waals surface area contributed by atoms with Crippen molar-refractivity contribution >= 4 is 11.3 Å². The Labute approximate surface area is 101 Å². The maximum absolute atomic E-state index is 5.70. The van der Waals surface area contributed by atoms with Crippen LogP contribution in [0.3, 0.4) is 0 Å². The summed E-state index contributed by atoms with van der Waals surface area (Å²) in [6.45, 7) is 7.16.